The second-order valence-corrected chi connectivity index (χ2v) is 3.36. The molecule has 3 atom stereocenters. The highest BCUT2D eigenvalue weighted by molar-refractivity contribution is 5.19. The van der Waals surface area contributed by atoms with Crippen molar-refractivity contribution in [2.24, 2.45) is 17.8 Å². The van der Waals surface area contributed by atoms with Crippen LogP contribution in [-0.2, 0) is 0 Å². The van der Waals surface area contributed by atoms with Crippen molar-refractivity contribution >= 4 is 0 Å². The Kier molecular flexibility index (Phi) is 1.54. The van der Waals surface area contributed by atoms with Crippen LogP contribution < -0.4 is 0 Å². The molecule has 0 spiro atoms. The summed E-state index contributed by atoms with van der Waals surface area (Å²) in [5.41, 5.74) is 0. The smallest absolute Gasteiger partial charge is 0.0628 e. The van der Waals surface area contributed by atoms with E-state index in [4.69, 9.17) is 5.26 Å². The summed E-state index contributed by atoms with van der Waals surface area (Å²) in [4.78, 5) is 0. The van der Waals surface area contributed by atoms with Gasteiger partial charge in [-0.25, -0.2) is 0 Å². The fourth-order valence-corrected chi connectivity index (χ4v) is 1.83. The third-order valence-corrected chi connectivity index (χ3v) is 2.60. The van der Waals surface area contributed by atoms with E-state index in [9.17, 15) is 0 Å². The number of hydrogen-bond donors (Lipinski definition) is 0. The minimum atomic E-state index is 0.528. The van der Waals surface area contributed by atoms with Crippen molar-refractivity contribution in [3.05, 3.63) is 24.3 Å². The zero-order valence-corrected chi connectivity index (χ0v) is 6.40. The van der Waals surface area contributed by atoms with Crippen LogP contribution in [0.2, 0.25) is 0 Å². The zero-order chi connectivity index (χ0) is 7.68. The Morgan fingerprint density at radius 3 is 3.00 bits per heavy atom. The molecule has 2 aliphatic carbocycles. The summed E-state index contributed by atoms with van der Waals surface area (Å²) >= 11 is 0. The van der Waals surface area contributed by atoms with Gasteiger partial charge in [0.2, 0.25) is 0 Å². The lowest BCUT2D eigenvalue weighted by Crippen LogP contribution is -1.98. The molecule has 11 heavy (non-hydrogen) atoms. The maximum atomic E-state index is 8.54. The lowest BCUT2D eigenvalue weighted by atomic mass is 9.99. The first-order valence-electron chi connectivity index (χ1n) is 4.14. The third kappa shape index (κ3) is 1.21. The van der Waals surface area contributed by atoms with Gasteiger partial charge in [0.25, 0.3) is 0 Å². The van der Waals surface area contributed by atoms with Gasteiger partial charge in [-0.1, -0.05) is 24.3 Å². The third-order valence-electron chi connectivity index (χ3n) is 2.60. The summed E-state index contributed by atoms with van der Waals surface area (Å²) in [6, 6.07) is 2.24. The SMILES string of the molecule is N#CCC1C=CC=CC2CC12. The van der Waals surface area contributed by atoms with Crippen LogP contribution >= 0.6 is 0 Å². The molecule has 3 unspecified atom stereocenters. The minimum Gasteiger partial charge on any atom is -0.198 e. The van der Waals surface area contributed by atoms with Gasteiger partial charge in [-0.15, -0.1) is 0 Å². The normalized spacial score (nSPS) is 39.0. The average molecular weight is 145 g/mol. The Balaban J connectivity index is 2.06. The molecule has 1 fully saturated rings. The van der Waals surface area contributed by atoms with Gasteiger partial charge < -0.3 is 0 Å². The number of hydrogen-bond acceptors (Lipinski definition) is 1. The molecule has 0 aromatic heterocycles. The Labute approximate surface area is 67.0 Å². The van der Waals surface area contributed by atoms with Gasteiger partial charge in [-0.3, -0.25) is 0 Å². The molecule has 0 saturated heterocycles. The lowest BCUT2D eigenvalue weighted by molar-refractivity contribution is 0.564. The number of nitrogens with zero attached hydrogens (tertiary/aromatic N) is 1. The molecule has 0 heterocycles. The number of nitriles is 1. The molecule has 0 aromatic carbocycles. The minimum absolute atomic E-state index is 0.528. The van der Waals surface area contributed by atoms with Crippen molar-refractivity contribution in [2.45, 2.75) is 12.8 Å². The van der Waals surface area contributed by atoms with E-state index in [0.717, 1.165) is 11.8 Å². The summed E-state index contributed by atoms with van der Waals surface area (Å²) in [6.07, 6.45) is 10.6. The second-order valence-electron chi connectivity index (χ2n) is 3.36. The van der Waals surface area contributed by atoms with E-state index in [1.165, 1.54) is 6.42 Å². The molecule has 0 aromatic rings. The molecule has 2 rings (SSSR count). The lowest BCUT2D eigenvalue weighted by Gasteiger charge is -2.03. The Bertz CT molecular complexity index is 244. The number of allylic oxidation sites excluding steroid dienone is 4. The molecule has 1 nitrogen and oxygen atoms in total. The van der Waals surface area contributed by atoms with Gasteiger partial charge in [0, 0.05) is 6.42 Å². The van der Waals surface area contributed by atoms with E-state index in [1.54, 1.807) is 0 Å². The van der Waals surface area contributed by atoms with Crippen molar-refractivity contribution in [3.63, 3.8) is 0 Å². The molecule has 0 N–H and O–H groups in total. The van der Waals surface area contributed by atoms with Crippen molar-refractivity contribution in [1.82, 2.24) is 0 Å². The van der Waals surface area contributed by atoms with E-state index >= 15 is 0 Å². The van der Waals surface area contributed by atoms with Crippen molar-refractivity contribution in [1.29, 1.82) is 5.26 Å². The summed E-state index contributed by atoms with van der Waals surface area (Å²) in [6.45, 7) is 0. The standard InChI is InChI=1S/C10H11N/c11-6-5-8-3-1-2-4-9-7-10(8)9/h1-4,8-10H,5,7H2. The fourth-order valence-electron chi connectivity index (χ4n) is 1.83. The highest BCUT2D eigenvalue weighted by Crippen LogP contribution is 2.47. The molecule has 0 amide bonds. The summed E-state index contributed by atoms with van der Waals surface area (Å²) in [5.74, 6) is 2.09. The number of rotatable bonds is 1. The quantitative estimate of drug-likeness (QED) is 0.555. The van der Waals surface area contributed by atoms with Crippen LogP contribution in [-0.4, -0.2) is 0 Å². The molecular weight excluding hydrogens is 134 g/mol. The van der Waals surface area contributed by atoms with Gasteiger partial charge in [-0.2, -0.15) is 5.26 Å². The molecule has 0 bridgehead atoms. The molecule has 1 heteroatoms. The van der Waals surface area contributed by atoms with Crippen molar-refractivity contribution in [3.8, 4) is 6.07 Å². The average Bonchev–Trinajstić information content (AvgIpc) is 2.72. The first-order valence-corrected chi connectivity index (χ1v) is 4.14. The molecule has 1 saturated carbocycles. The van der Waals surface area contributed by atoms with Crippen LogP contribution in [0.15, 0.2) is 24.3 Å². The second kappa shape index (κ2) is 2.54. The van der Waals surface area contributed by atoms with Gasteiger partial charge in [0.15, 0.2) is 0 Å². The van der Waals surface area contributed by atoms with Gasteiger partial charge in [-0.05, 0) is 24.2 Å². The molecule has 2 aliphatic rings. The first-order chi connectivity index (χ1) is 5.42. The van der Waals surface area contributed by atoms with Crippen molar-refractivity contribution < 1.29 is 0 Å². The highest BCUT2D eigenvalue weighted by Gasteiger charge is 2.40. The molecule has 0 radical (unpaired) electrons. The van der Waals surface area contributed by atoms with Crippen LogP contribution in [0.3, 0.4) is 0 Å². The number of fused-ring (bicyclic) bond motifs is 1. The summed E-state index contributed by atoms with van der Waals surface area (Å²) in [5, 5.41) is 8.54. The largest absolute Gasteiger partial charge is 0.198 e. The monoisotopic (exact) mass is 145 g/mol. The van der Waals surface area contributed by atoms with Crippen molar-refractivity contribution in [2.75, 3.05) is 0 Å². The first kappa shape index (κ1) is 6.67. The predicted molar refractivity (Wildman–Crippen MR) is 43.6 cm³/mol. The summed E-state index contributed by atoms with van der Waals surface area (Å²) < 4.78 is 0. The Morgan fingerprint density at radius 1 is 1.36 bits per heavy atom. The Hall–Kier alpha value is -1.03. The van der Waals surface area contributed by atoms with E-state index in [1.807, 2.05) is 0 Å². The van der Waals surface area contributed by atoms with Crippen LogP contribution in [0.1, 0.15) is 12.8 Å². The van der Waals surface area contributed by atoms with Gasteiger partial charge in [0.1, 0.15) is 0 Å². The van der Waals surface area contributed by atoms with Crippen LogP contribution in [0.5, 0.6) is 0 Å². The van der Waals surface area contributed by atoms with E-state index < -0.39 is 0 Å². The molecule has 0 aliphatic heterocycles. The predicted octanol–water partition coefficient (Wildman–Crippen LogP) is 2.28. The maximum Gasteiger partial charge on any atom is 0.0628 e. The topological polar surface area (TPSA) is 23.8 Å². The Morgan fingerprint density at radius 2 is 2.18 bits per heavy atom. The highest BCUT2D eigenvalue weighted by atomic mass is 14.4. The van der Waals surface area contributed by atoms with Crippen LogP contribution in [0.25, 0.3) is 0 Å². The van der Waals surface area contributed by atoms with Gasteiger partial charge in [0.05, 0.1) is 6.07 Å². The van der Waals surface area contributed by atoms with E-state index in [0.29, 0.717) is 12.3 Å². The maximum absolute atomic E-state index is 8.54. The van der Waals surface area contributed by atoms with Crippen LogP contribution in [0.4, 0.5) is 0 Å². The van der Waals surface area contributed by atoms with E-state index in [2.05, 4.69) is 30.4 Å². The van der Waals surface area contributed by atoms with Crippen LogP contribution in [0, 0.1) is 29.1 Å². The molecule has 56 valence electrons. The summed E-state index contributed by atoms with van der Waals surface area (Å²) in [7, 11) is 0. The fraction of sp³-hybridized carbons (Fsp3) is 0.500. The zero-order valence-electron chi connectivity index (χ0n) is 6.40. The van der Waals surface area contributed by atoms with E-state index in [-0.39, 0.29) is 0 Å². The van der Waals surface area contributed by atoms with Gasteiger partial charge >= 0.3 is 0 Å². The molecular formula is C10H11N.